The van der Waals surface area contributed by atoms with E-state index in [1.54, 1.807) is 0 Å². The van der Waals surface area contributed by atoms with Gasteiger partial charge in [0.05, 0.1) is 18.4 Å². The highest BCUT2D eigenvalue weighted by Gasteiger charge is 2.37. The minimum absolute atomic E-state index is 0.170. The quantitative estimate of drug-likeness (QED) is 0.279. The molecule has 154 valence electrons. The first-order valence-electron chi connectivity index (χ1n) is 8.77. The molecule has 1 saturated carbocycles. The molecule has 0 aromatic rings. The van der Waals surface area contributed by atoms with Crippen molar-refractivity contribution in [2.24, 2.45) is 11.8 Å². The summed E-state index contributed by atoms with van der Waals surface area (Å²) in [6.07, 6.45) is 0.883. The van der Waals surface area contributed by atoms with E-state index < -0.39 is 54.8 Å². The molecule has 0 saturated heterocycles. The number of hydrogen-bond acceptors (Lipinski definition) is 8. The topological polar surface area (TPSA) is 140 Å². The van der Waals surface area contributed by atoms with E-state index in [9.17, 15) is 29.7 Å². The maximum absolute atomic E-state index is 12.2. The van der Waals surface area contributed by atoms with E-state index in [1.165, 1.54) is 13.8 Å². The molecule has 0 aromatic carbocycles. The Morgan fingerprint density at radius 1 is 1.15 bits per heavy atom. The van der Waals surface area contributed by atoms with Crippen molar-refractivity contribution in [3.63, 3.8) is 0 Å². The average molecular weight is 388 g/mol. The molecular weight excluding hydrogens is 360 g/mol. The highest BCUT2D eigenvalue weighted by atomic mass is 16.6. The van der Waals surface area contributed by atoms with Gasteiger partial charge < -0.3 is 29.5 Å². The summed E-state index contributed by atoms with van der Waals surface area (Å²) in [7, 11) is 0. The molecule has 0 bridgehead atoms. The van der Waals surface area contributed by atoms with Crippen molar-refractivity contribution < 1.29 is 43.9 Å². The lowest BCUT2D eigenvalue weighted by Crippen LogP contribution is -2.41. The Hall–Kier alpha value is -1.97. The second-order valence-electron chi connectivity index (χ2n) is 7.08. The first kappa shape index (κ1) is 23.1. The van der Waals surface area contributed by atoms with Crippen LogP contribution in [0.2, 0.25) is 0 Å². The number of hydrogen-bond donors (Lipinski definition) is 3. The predicted octanol–water partition coefficient (Wildman–Crippen LogP) is 0.626. The first-order valence-corrected chi connectivity index (χ1v) is 8.77. The Morgan fingerprint density at radius 2 is 1.74 bits per heavy atom. The minimum Gasteiger partial charge on any atom is -0.481 e. The number of esters is 2. The van der Waals surface area contributed by atoms with Crippen LogP contribution in [0.15, 0.2) is 12.2 Å². The fraction of sp³-hybridized carbons (Fsp3) is 0.722. The normalized spacial score (nSPS) is 23.0. The van der Waals surface area contributed by atoms with Gasteiger partial charge in [-0.25, -0.2) is 4.79 Å². The summed E-state index contributed by atoms with van der Waals surface area (Å²) in [5.41, 5.74) is -1.44. The van der Waals surface area contributed by atoms with Crippen molar-refractivity contribution in [3.05, 3.63) is 12.2 Å². The lowest BCUT2D eigenvalue weighted by atomic mass is 9.79. The Balaban J connectivity index is 2.41. The van der Waals surface area contributed by atoms with Gasteiger partial charge in [-0.05, 0) is 26.7 Å². The molecule has 4 unspecified atom stereocenters. The van der Waals surface area contributed by atoms with Crippen LogP contribution < -0.4 is 0 Å². The summed E-state index contributed by atoms with van der Waals surface area (Å²) in [6.45, 7) is 4.93. The molecule has 0 spiro atoms. The summed E-state index contributed by atoms with van der Waals surface area (Å²) < 4.78 is 14.8. The Bertz CT molecular complexity index is 555. The largest absolute Gasteiger partial charge is 0.481 e. The van der Waals surface area contributed by atoms with Crippen LogP contribution in [0, 0.1) is 11.8 Å². The molecule has 1 aliphatic carbocycles. The van der Waals surface area contributed by atoms with Gasteiger partial charge in [0.25, 0.3) is 0 Å². The molecule has 0 aromatic heterocycles. The van der Waals surface area contributed by atoms with Crippen molar-refractivity contribution in [2.75, 3.05) is 19.8 Å². The Labute approximate surface area is 157 Å². The van der Waals surface area contributed by atoms with Crippen LogP contribution in [-0.2, 0) is 28.6 Å². The third-order valence-corrected chi connectivity index (χ3v) is 4.20. The zero-order valence-corrected chi connectivity index (χ0v) is 15.7. The number of ether oxygens (including phenoxy) is 3. The van der Waals surface area contributed by atoms with Gasteiger partial charge in [0.2, 0.25) is 0 Å². The fourth-order valence-electron chi connectivity index (χ4n) is 2.68. The highest BCUT2D eigenvalue weighted by molar-refractivity contribution is 5.86. The summed E-state index contributed by atoms with van der Waals surface area (Å²) in [4.78, 5) is 34.7. The smallest absolute Gasteiger partial charge is 0.333 e. The monoisotopic (exact) mass is 388 g/mol. The van der Waals surface area contributed by atoms with E-state index in [4.69, 9.17) is 14.2 Å². The van der Waals surface area contributed by atoms with Crippen LogP contribution in [-0.4, -0.2) is 64.9 Å². The molecule has 0 radical (unpaired) electrons. The van der Waals surface area contributed by atoms with E-state index in [0.717, 1.165) is 12.8 Å². The van der Waals surface area contributed by atoms with Crippen LogP contribution in [0.25, 0.3) is 0 Å². The number of aliphatic carboxylic acids is 1. The van der Waals surface area contributed by atoms with Gasteiger partial charge >= 0.3 is 17.9 Å². The standard InChI is InChI=1S/C18H28O9/c1-11(2)16(22)25-8-14(19)26-9-18(3,24)10-27-17(23)13-7-5-4-6-12(13)15(20)21/h12-14,19,24H,1,4-10H2,2-3H3,(H,20,21). The molecular formula is C18H28O9. The number of carboxylic acid groups (broad SMARTS) is 1. The lowest BCUT2D eigenvalue weighted by molar-refractivity contribution is -0.188. The summed E-state index contributed by atoms with van der Waals surface area (Å²) in [5.74, 6) is -3.89. The van der Waals surface area contributed by atoms with E-state index >= 15 is 0 Å². The molecule has 3 N–H and O–H groups in total. The molecule has 4 atom stereocenters. The van der Waals surface area contributed by atoms with E-state index in [1.807, 2.05) is 0 Å². The van der Waals surface area contributed by atoms with Crippen LogP contribution in [0.4, 0.5) is 0 Å². The molecule has 0 heterocycles. The zero-order chi connectivity index (χ0) is 20.6. The van der Waals surface area contributed by atoms with Gasteiger partial charge in [0.1, 0.15) is 18.8 Å². The molecule has 0 amide bonds. The van der Waals surface area contributed by atoms with E-state index in [-0.39, 0.29) is 12.2 Å². The van der Waals surface area contributed by atoms with Crippen LogP contribution in [0.3, 0.4) is 0 Å². The van der Waals surface area contributed by atoms with Crippen molar-refractivity contribution in [3.8, 4) is 0 Å². The predicted molar refractivity (Wildman–Crippen MR) is 92.4 cm³/mol. The van der Waals surface area contributed by atoms with Crippen LogP contribution in [0.5, 0.6) is 0 Å². The van der Waals surface area contributed by atoms with Gasteiger partial charge in [0, 0.05) is 5.57 Å². The average Bonchev–Trinajstić information content (AvgIpc) is 2.62. The summed E-state index contributed by atoms with van der Waals surface area (Å²) in [6, 6.07) is 0. The third kappa shape index (κ3) is 8.06. The number of carbonyl (C=O) groups excluding carboxylic acids is 2. The van der Waals surface area contributed by atoms with Crippen molar-refractivity contribution in [1.29, 1.82) is 0 Å². The van der Waals surface area contributed by atoms with Crippen LogP contribution >= 0.6 is 0 Å². The molecule has 1 fully saturated rings. The Kier molecular flexibility index (Phi) is 8.87. The molecule has 1 rings (SSSR count). The van der Waals surface area contributed by atoms with Crippen molar-refractivity contribution in [1.82, 2.24) is 0 Å². The highest BCUT2D eigenvalue weighted by Crippen LogP contribution is 2.31. The molecule has 27 heavy (non-hydrogen) atoms. The summed E-state index contributed by atoms with van der Waals surface area (Å²) >= 11 is 0. The Morgan fingerprint density at radius 3 is 2.30 bits per heavy atom. The van der Waals surface area contributed by atoms with Gasteiger partial charge in [0.15, 0.2) is 6.29 Å². The molecule has 1 aliphatic rings. The van der Waals surface area contributed by atoms with Gasteiger partial charge in [-0.2, -0.15) is 0 Å². The summed E-state index contributed by atoms with van der Waals surface area (Å²) in [5, 5.41) is 29.0. The number of carboxylic acids is 1. The SMILES string of the molecule is C=C(C)C(=O)OCC(O)OCC(C)(O)COC(=O)C1CCCCC1C(=O)O. The molecule has 9 nitrogen and oxygen atoms in total. The van der Waals surface area contributed by atoms with E-state index in [0.29, 0.717) is 12.8 Å². The van der Waals surface area contributed by atoms with Gasteiger partial charge in [-0.15, -0.1) is 0 Å². The second-order valence-corrected chi connectivity index (χ2v) is 7.08. The van der Waals surface area contributed by atoms with Gasteiger partial charge in [-0.3, -0.25) is 9.59 Å². The number of rotatable bonds is 10. The van der Waals surface area contributed by atoms with Crippen LogP contribution in [0.1, 0.15) is 39.5 Å². The van der Waals surface area contributed by atoms with Crippen molar-refractivity contribution >= 4 is 17.9 Å². The zero-order valence-electron chi connectivity index (χ0n) is 15.7. The fourth-order valence-corrected chi connectivity index (χ4v) is 2.68. The molecule has 0 aliphatic heterocycles. The lowest BCUT2D eigenvalue weighted by Gasteiger charge is -2.29. The molecule has 9 heteroatoms. The minimum atomic E-state index is -1.61. The van der Waals surface area contributed by atoms with Crippen molar-refractivity contribution in [2.45, 2.75) is 51.4 Å². The number of aliphatic hydroxyl groups is 2. The first-order chi connectivity index (χ1) is 12.5. The maximum atomic E-state index is 12.2. The van der Waals surface area contributed by atoms with Gasteiger partial charge in [-0.1, -0.05) is 19.4 Å². The third-order valence-electron chi connectivity index (χ3n) is 4.20. The maximum Gasteiger partial charge on any atom is 0.333 e. The number of aliphatic hydroxyl groups excluding tert-OH is 1. The number of carbonyl (C=O) groups is 3. The van der Waals surface area contributed by atoms with E-state index in [2.05, 4.69) is 6.58 Å². The second kappa shape index (κ2) is 10.4.